The summed E-state index contributed by atoms with van der Waals surface area (Å²) in [6.45, 7) is 7.89. The zero-order chi connectivity index (χ0) is 30.2. The van der Waals surface area contributed by atoms with Crippen LogP contribution in [0.1, 0.15) is 36.7 Å². The summed E-state index contributed by atoms with van der Waals surface area (Å²) in [5.74, 6) is 1.14. The molecule has 7 rings (SSSR count). The van der Waals surface area contributed by atoms with Crippen molar-refractivity contribution in [1.82, 2.24) is 34.4 Å². The first kappa shape index (κ1) is 27.4. The predicted octanol–water partition coefficient (Wildman–Crippen LogP) is 4.72. The molecular formula is C31H30BrN9O2. The van der Waals surface area contributed by atoms with Crippen molar-refractivity contribution in [2.75, 3.05) is 11.1 Å². The molecule has 1 saturated heterocycles. The number of nitrogens with zero attached hydrogens (tertiary/aromatic N) is 7. The molecule has 2 aliphatic rings. The van der Waals surface area contributed by atoms with E-state index >= 15 is 0 Å². The zero-order valence-electron chi connectivity index (χ0n) is 24.2. The number of fused-ring (bicyclic) bond motifs is 4. The number of likely N-dealkylation sites (tertiary alicyclic amines) is 1. The number of hydrogen-bond donors (Lipinski definition) is 2. The minimum Gasteiger partial charge on any atom is -0.383 e. The van der Waals surface area contributed by atoms with Crippen LogP contribution >= 0.6 is 15.9 Å². The Labute approximate surface area is 256 Å². The van der Waals surface area contributed by atoms with Gasteiger partial charge < -0.3 is 20.5 Å². The first-order chi connectivity index (χ1) is 20.5. The number of hydrogen-bond acceptors (Lipinski definition) is 8. The molecule has 43 heavy (non-hydrogen) atoms. The minimum absolute atomic E-state index is 0.00865. The number of carbonyl (C=O) groups is 2. The monoisotopic (exact) mass is 639 g/mol. The Kier molecular flexibility index (Phi) is 6.24. The fraction of sp³-hybridized carbons (Fsp3) is 0.323. The molecule has 3 atom stereocenters. The summed E-state index contributed by atoms with van der Waals surface area (Å²) in [4.78, 5) is 51.5. The number of rotatable bonds is 5. The van der Waals surface area contributed by atoms with E-state index in [4.69, 9.17) is 5.73 Å². The van der Waals surface area contributed by atoms with Gasteiger partial charge in [0.1, 0.15) is 46.6 Å². The van der Waals surface area contributed by atoms with E-state index < -0.39 is 6.04 Å². The number of nitrogens with two attached hydrogens (primary N) is 1. The second kappa shape index (κ2) is 9.80. The third-order valence-corrected chi connectivity index (χ3v) is 9.33. The lowest BCUT2D eigenvalue weighted by Gasteiger charge is -2.27. The lowest BCUT2D eigenvalue weighted by molar-refractivity contribution is -0.138. The summed E-state index contributed by atoms with van der Waals surface area (Å²) in [6, 6.07) is 7.20. The highest BCUT2D eigenvalue weighted by atomic mass is 79.9. The fourth-order valence-electron chi connectivity index (χ4n) is 6.56. The van der Waals surface area contributed by atoms with Gasteiger partial charge in [-0.15, -0.1) is 0 Å². The third kappa shape index (κ3) is 4.51. The molecule has 3 N–H and O–H groups in total. The quantitative estimate of drug-likeness (QED) is 0.263. The van der Waals surface area contributed by atoms with Crippen molar-refractivity contribution < 1.29 is 9.59 Å². The number of aromatic nitrogens is 6. The van der Waals surface area contributed by atoms with Crippen molar-refractivity contribution in [2.24, 2.45) is 5.41 Å². The standard InChI is InChI=1S/C31H30BrN9O2/c1-15-5-6-23(32)38-28(15)39-30(43)21-9-31(4)10-22(31)41(21)24(42)13-40-26-16(2)7-18(19-11-34-17(3)35-12-19)8-20(26)25-27(33)36-14-37-29(25)40/h5-8,11-12,14,21-22H,9-10,13H2,1-4H3,(H2,33,36,37)(H,38,39,43)/t21-,22+,31-/m0/s1. The normalized spacial score (nSPS) is 20.9. The lowest BCUT2D eigenvalue weighted by atomic mass is 10.0. The molecule has 5 aromatic rings. The maximum absolute atomic E-state index is 14.2. The number of aryl methyl sites for hydroxylation is 3. The van der Waals surface area contributed by atoms with E-state index in [1.807, 2.05) is 43.5 Å². The maximum Gasteiger partial charge on any atom is 0.248 e. The average molecular weight is 641 g/mol. The highest BCUT2D eigenvalue weighted by Crippen LogP contribution is 2.59. The van der Waals surface area contributed by atoms with Crippen LogP contribution in [0.15, 0.2) is 47.6 Å². The first-order valence-corrected chi connectivity index (χ1v) is 14.9. The van der Waals surface area contributed by atoms with Crippen LogP contribution in [0.4, 0.5) is 11.6 Å². The molecule has 11 nitrogen and oxygen atoms in total. The molecule has 12 heteroatoms. The van der Waals surface area contributed by atoms with Gasteiger partial charge in [0.25, 0.3) is 0 Å². The van der Waals surface area contributed by atoms with Gasteiger partial charge in [-0.2, -0.15) is 0 Å². The number of halogens is 1. The van der Waals surface area contributed by atoms with Gasteiger partial charge in [-0.1, -0.05) is 13.0 Å². The van der Waals surface area contributed by atoms with Crippen LogP contribution in [0.3, 0.4) is 0 Å². The van der Waals surface area contributed by atoms with E-state index in [1.165, 1.54) is 6.33 Å². The summed E-state index contributed by atoms with van der Waals surface area (Å²) < 4.78 is 2.53. The molecular weight excluding hydrogens is 610 g/mol. The van der Waals surface area contributed by atoms with E-state index in [2.05, 4.69) is 59.2 Å². The fourth-order valence-corrected chi connectivity index (χ4v) is 6.87. The summed E-state index contributed by atoms with van der Waals surface area (Å²) in [6.07, 6.45) is 6.48. The first-order valence-electron chi connectivity index (χ1n) is 14.1. The van der Waals surface area contributed by atoms with Crippen molar-refractivity contribution in [1.29, 1.82) is 0 Å². The van der Waals surface area contributed by atoms with Crippen molar-refractivity contribution in [3.63, 3.8) is 0 Å². The molecule has 1 aliphatic heterocycles. The van der Waals surface area contributed by atoms with Crippen molar-refractivity contribution in [3.8, 4) is 11.1 Å². The van der Waals surface area contributed by atoms with Gasteiger partial charge in [0.2, 0.25) is 11.8 Å². The summed E-state index contributed by atoms with van der Waals surface area (Å²) in [5.41, 5.74) is 11.3. The number of nitrogens with one attached hydrogen (secondary N) is 1. The summed E-state index contributed by atoms with van der Waals surface area (Å²) >= 11 is 3.38. The average Bonchev–Trinajstić information content (AvgIpc) is 3.36. The Morgan fingerprint density at radius 3 is 2.58 bits per heavy atom. The molecule has 2 fully saturated rings. The number of nitrogen functional groups attached to an aromatic ring is 1. The topological polar surface area (TPSA) is 145 Å². The van der Waals surface area contributed by atoms with Crippen LogP contribution in [0, 0.1) is 26.2 Å². The van der Waals surface area contributed by atoms with Gasteiger partial charge in [0.15, 0.2) is 0 Å². The van der Waals surface area contributed by atoms with Gasteiger partial charge in [0.05, 0.1) is 10.9 Å². The number of piperidine rings is 1. The highest BCUT2D eigenvalue weighted by Gasteiger charge is 2.64. The number of pyridine rings is 1. The largest absolute Gasteiger partial charge is 0.383 e. The number of anilines is 2. The summed E-state index contributed by atoms with van der Waals surface area (Å²) in [7, 11) is 0. The molecule has 1 aliphatic carbocycles. The zero-order valence-corrected chi connectivity index (χ0v) is 25.8. The molecule has 218 valence electrons. The molecule has 1 saturated carbocycles. The molecule has 0 bridgehead atoms. The molecule has 1 aromatic carbocycles. The maximum atomic E-state index is 14.2. The Bertz CT molecular complexity index is 1970. The van der Waals surface area contributed by atoms with E-state index in [9.17, 15) is 9.59 Å². The van der Waals surface area contributed by atoms with Gasteiger partial charge in [-0.25, -0.2) is 24.9 Å². The predicted molar refractivity (Wildman–Crippen MR) is 167 cm³/mol. The van der Waals surface area contributed by atoms with E-state index in [0.717, 1.165) is 39.6 Å². The molecule has 5 heterocycles. The van der Waals surface area contributed by atoms with Gasteiger partial charge in [0, 0.05) is 29.4 Å². The highest BCUT2D eigenvalue weighted by molar-refractivity contribution is 9.10. The van der Waals surface area contributed by atoms with Crippen LogP contribution in [0.2, 0.25) is 0 Å². The second-order valence-electron chi connectivity index (χ2n) is 11.9. The van der Waals surface area contributed by atoms with Crippen molar-refractivity contribution in [2.45, 2.75) is 59.2 Å². The van der Waals surface area contributed by atoms with Crippen molar-refractivity contribution in [3.05, 3.63) is 64.5 Å². The molecule has 0 unspecified atom stereocenters. The SMILES string of the molecule is Cc1ncc(-c2cc(C)c3c(c2)c2c(N)ncnc2n3CC(=O)N2[C@H](C(=O)Nc3nc(Br)ccc3C)C[C@@]3(C)C[C@@H]23)cn1. The third-order valence-electron chi connectivity index (χ3n) is 8.89. The number of benzene rings is 1. The molecule has 2 amide bonds. The van der Waals surface area contributed by atoms with Gasteiger partial charge in [-0.3, -0.25) is 9.59 Å². The molecule has 0 radical (unpaired) electrons. The Balaban J connectivity index is 1.27. The van der Waals surface area contributed by atoms with Crippen LogP contribution < -0.4 is 11.1 Å². The Hall–Kier alpha value is -4.45. The van der Waals surface area contributed by atoms with Gasteiger partial charge in [-0.05, 0) is 89.8 Å². The minimum atomic E-state index is -0.599. The number of carbonyl (C=O) groups excluding carboxylic acids is 2. The summed E-state index contributed by atoms with van der Waals surface area (Å²) in [5, 5.41) is 4.50. The Morgan fingerprint density at radius 1 is 1.05 bits per heavy atom. The van der Waals surface area contributed by atoms with E-state index in [-0.39, 0.29) is 29.8 Å². The van der Waals surface area contributed by atoms with E-state index in [1.54, 1.807) is 17.3 Å². The lowest BCUT2D eigenvalue weighted by Crippen LogP contribution is -2.46. The van der Waals surface area contributed by atoms with Crippen LogP contribution in [-0.4, -0.2) is 58.3 Å². The van der Waals surface area contributed by atoms with Crippen molar-refractivity contribution >= 4 is 61.3 Å². The second-order valence-corrected chi connectivity index (χ2v) is 12.7. The van der Waals surface area contributed by atoms with Gasteiger partial charge >= 0.3 is 0 Å². The smallest absolute Gasteiger partial charge is 0.248 e. The molecule has 0 spiro atoms. The molecule has 4 aromatic heterocycles. The van der Waals surface area contributed by atoms with Crippen LogP contribution in [-0.2, 0) is 16.1 Å². The Morgan fingerprint density at radius 2 is 1.81 bits per heavy atom. The number of amides is 2. The van der Waals surface area contributed by atoms with Crippen LogP contribution in [0.5, 0.6) is 0 Å². The van der Waals surface area contributed by atoms with Crippen LogP contribution in [0.25, 0.3) is 33.1 Å². The van der Waals surface area contributed by atoms with E-state index in [0.29, 0.717) is 39.5 Å².